The molecule has 1 fully saturated rings. The Morgan fingerprint density at radius 2 is 1.49 bits per heavy atom. The Morgan fingerprint density at radius 1 is 0.974 bits per heavy atom. The van der Waals surface area contributed by atoms with Crippen LogP contribution in [0.2, 0.25) is 5.04 Å². The van der Waals surface area contributed by atoms with E-state index in [9.17, 15) is 9.90 Å². The van der Waals surface area contributed by atoms with Gasteiger partial charge < -0.3 is 19.0 Å². The molecule has 204 valence electrons. The molecule has 0 aliphatic carbocycles. The van der Waals surface area contributed by atoms with E-state index in [2.05, 4.69) is 55.1 Å². The fraction of sp³-hybridized carbons (Fsp3) is 0.367. The van der Waals surface area contributed by atoms with E-state index in [4.69, 9.17) is 19.4 Å². The zero-order valence-electron chi connectivity index (χ0n) is 22.7. The zero-order chi connectivity index (χ0) is 28.0. The van der Waals surface area contributed by atoms with E-state index in [0.717, 1.165) is 10.4 Å². The standard InChI is InChI=1S/C30H35N3O5Si/c1-21-26(32-33-31)27(34)28(38-29(35)22-14-8-5-9-15-22)25(37-21)20-36-39(30(2,3)4,23-16-10-6-11-17-23)24-18-12-7-13-19-24/h5-19,21,25-28,34H,20H2,1-4H3/t21-,25?,26?,27+,28+/m0/s1. The van der Waals surface area contributed by atoms with Gasteiger partial charge >= 0.3 is 5.97 Å². The zero-order valence-corrected chi connectivity index (χ0v) is 23.7. The number of esters is 1. The maximum absolute atomic E-state index is 13.0. The van der Waals surface area contributed by atoms with Crippen molar-refractivity contribution in [3.8, 4) is 0 Å². The molecule has 39 heavy (non-hydrogen) atoms. The molecular formula is C30H35N3O5Si. The van der Waals surface area contributed by atoms with Gasteiger partial charge in [-0.05, 0) is 40.0 Å². The number of rotatable bonds is 8. The van der Waals surface area contributed by atoms with Gasteiger partial charge in [-0.1, -0.05) is 105 Å². The van der Waals surface area contributed by atoms with Crippen molar-refractivity contribution < 1.29 is 23.8 Å². The summed E-state index contributed by atoms with van der Waals surface area (Å²) in [4.78, 5) is 15.9. The van der Waals surface area contributed by atoms with Crippen LogP contribution in [0.1, 0.15) is 38.1 Å². The van der Waals surface area contributed by atoms with Gasteiger partial charge in [0.2, 0.25) is 0 Å². The Morgan fingerprint density at radius 3 is 1.97 bits per heavy atom. The molecule has 0 spiro atoms. The number of carbonyl (C=O) groups excluding carboxylic acids is 1. The molecular weight excluding hydrogens is 510 g/mol. The summed E-state index contributed by atoms with van der Waals surface area (Å²) in [5.41, 5.74) is 9.43. The van der Waals surface area contributed by atoms with Crippen molar-refractivity contribution in [2.75, 3.05) is 6.61 Å². The maximum atomic E-state index is 13.0. The highest BCUT2D eigenvalue weighted by molar-refractivity contribution is 6.99. The fourth-order valence-corrected chi connectivity index (χ4v) is 9.93. The van der Waals surface area contributed by atoms with Gasteiger partial charge in [-0.3, -0.25) is 0 Å². The molecule has 1 aliphatic rings. The quantitative estimate of drug-likeness (QED) is 0.146. The van der Waals surface area contributed by atoms with Gasteiger partial charge in [0.05, 0.1) is 24.3 Å². The second-order valence-corrected chi connectivity index (χ2v) is 15.1. The number of hydrogen-bond donors (Lipinski definition) is 1. The summed E-state index contributed by atoms with van der Waals surface area (Å²) >= 11 is 0. The third-order valence-corrected chi connectivity index (χ3v) is 12.2. The van der Waals surface area contributed by atoms with Crippen LogP contribution in [-0.4, -0.2) is 56.5 Å². The van der Waals surface area contributed by atoms with Crippen LogP contribution in [0.25, 0.3) is 10.4 Å². The van der Waals surface area contributed by atoms with Crippen LogP contribution in [0.5, 0.6) is 0 Å². The Labute approximate surface area is 230 Å². The van der Waals surface area contributed by atoms with Crippen molar-refractivity contribution in [1.82, 2.24) is 0 Å². The Balaban J connectivity index is 1.72. The first kappa shape index (κ1) is 28.5. The van der Waals surface area contributed by atoms with Crippen LogP contribution in [0.15, 0.2) is 96.1 Å². The van der Waals surface area contributed by atoms with Gasteiger partial charge in [0.1, 0.15) is 12.2 Å². The third-order valence-electron chi connectivity index (χ3n) is 7.24. The largest absolute Gasteiger partial charge is 0.453 e. The lowest BCUT2D eigenvalue weighted by Gasteiger charge is -2.46. The Bertz CT molecular complexity index is 1240. The summed E-state index contributed by atoms with van der Waals surface area (Å²) in [5.74, 6) is -0.604. The second-order valence-electron chi connectivity index (χ2n) is 10.8. The molecule has 2 unspecified atom stereocenters. The van der Waals surface area contributed by atoms with E-state index < -0.39 is 44.7 Å². The highest BCUT2D eigenvalue weighted by atomic mass is 28.4. The molecule has 1 saturated heterocycles. The Kier molecular flexibility index (Phi) is 8.89. The summed E-state index contributed by atoms with van der Waals surface area (Å²) < 4.78 is 19.1. The van der Waals surface area contributed by atoms with Crippen LogP contribution in [-0.2, 0) is 13.9 Å². The summed E-state index contributed by atoms with van der Waals surface area (Å²) in [5, 5.41) is 16.9. The summed E-state index contributed by atoms with van der Waals surface area (Å²) in [6.45, 7) is 8.30. The molecule has 9 heteroatoms. The molecule has 0 radical (unpaired) electrons. The van der Waals surface area contributed by atoms with E-state index in [0.29, 0.717) is 5.56 Å². The monoisotopic (exact) mass is 545 g/mol. The fourth-order valence-electron chi connectivity index (χ4n) is 5.36. The topological polar surface area (TPSA) is 114 Å². The number of ether oxygens (including phenoxy) is 2. The minimum absolute atomic E-state index is 0.0599. The van der Waals surface area contributed by atoms with Crippen LogP contribution in [0.3, 0.4) is 0 Å². The van der Waals surface area contributed by atoms with E-state index in [-0.39, 0.29) is 11.6 Å². The molecule has 3 aromatic rings. The van der Waals surface area contributed by atoms with E-state index in [1.807, 2.05) is 36.4 Å². The highest BCUT2D eigenvalue weighted by Crippen LogP contribution is 2.37. The molecule has 3 aromatic carbocycles. The molecule has 0 amide bonds. The molecule has 4 rings (SSSR count). The van der Waals surface area contributed by atoms with E-state index in [1.54, 1.807) is 37.3 Å². The number of hydrogen-bond acceptors (Lipinski definition) is 6. The third kappa shape index (κ3) is 5.93. The van der Waals surface area contributed by atoms with Gasteiger partial charge in [0.15, 0.2) is 6.10 Å². The molecule has 1 heterocycles. The van der Waals surface area contributed by atoms with Gasteiger partial charge in [0.25, 0.3) is 8.32 Å². The van der Waals surface area contributed by atoms with Crippen molar-refractivity contribution in [2.24, 2.45) is 5.11 Å². The van der Waals surface area contributed by atoms with Crippen LogP contribution in [0, 0.1) is 0 Å². The summed E-state index contributed by atoms with van der Waals surface area (Å²) in [7, 11) is -2.93. The molecule has 0 aromatic heterocycles. The van der Waals surface area contributed by atoms with Crippen LogP contribution in [0.4, 0.5) is 0 Å². The predicted octanol–water partition coefficient (Wildman–Crippen LogP) is 4.62. The molecule has 1 N–H and O–H groups in total. The first-order valence-corrected chi connectivity index (χ1v) is 15.0. The number of aliphatic hydroxyl groups is 1. The van der Waals surface area contributed by atoms with Crippen molar-refractivity contribution in [3.63, 3.8) is 0 Å². The molecule has 0 saturated carbocycles. The van der Waals surface area contributed by atoms with Gasteiger partial charge in [-0.25, -0.2) is 4.79 Å². The lowest BCUT2D eigenvalue weighted by atomic mass is 9.94. The van der Waals surface area contributed by atoms with Gasteiger partial charge in [-0.15, -0.1) is 0 Å². The van der Waals surface area contributed by atoms with E-state index in [1.165, 1.54) is 0 Å². The predicted molar refractivity (Wildman–Crippen MR) is 152 cm³/mol. The molecule has 0 bridgehead atoms. The van der Waals surface area contributed by atoms with E-state index >= 15 is 0 Å². The molecule has 1 aliphatic heterocycles. The lowest BCUT2D eigenvalue weighted by Crippen LogP contribution is -2.68. The van der Waals surface area contributed by atoms with Crippen molar-refractivity contribution in [2.45, 2.75) is 63.2 Å². The van der Waals surface area contributed by atoms with Crippen LogP contribution >= 0.6 is 0 Å². The lowest BCUT2D eigenvalue weighted by molar-refractivity contribution is -0.183. The average Bonchev–Trinajstić information content (AvgIpc) is 2.94. The average molecular weight is 546 g/mol. The first-order valence-electron chi connectivity index (χ1n) is 13.1. The Hall–Kier alpha value is -3.46. The summed E-state index contributed by atoms with van der Waals surface area (Å²) in [6.07, 6.45) is -3.79. The van der Waals surface area contributed by atoms with Crippen LogP contribution < -0.4 is 10.4 Å². The number of azide groups is 1. The maximum Gasteiger partial charge on any atom is 0.338 e. The van der Waals surface area contributed by atoms with Crippen molar-refractivity contribution >= 4 is 24.7 Å². The van der Waals surface area contributed by atoms with Gasteiger partial charge in [-0.2, -0.15) is 0 Å². The summed E-state index contributed by atoms with van der Waals surface area (Å²) in [6, 6.07) is 28.0. The SMILES string of the molecule is C[C@@H]1OC(CO[Si](c2ccccc2)(c2ccccc2)C(C)(C)C)[C@@H](OC(=O)c2ccccc2)[C@H](O)C1N=[N+]=[N-]. The van der Waals surface area contributed by atoms with Crippen molar-refractivity contribution in [1.29, 1.82) is 0 Å². The minimum atomic E-state index is -2.93. The highest BCUT2D eigenvalue weighted by Gasteiger charge is 2.52. The number of nitrogens with zero attached hydrogens (tertiary/aromatic N) is 3. The number of benzene rings is 3. The molecule has 5 atom stereocenters. The second kappa shape index (κ2) is 12.2. The normalized spacial score (nSPS) is 23.5. The smallest absolute Gasteiger partial charge is 0.338 e. The minimum Gasteiger partial charge on any atom is -0.453 e. The van der Waals surface area contributed by atoms with Gasteiger partial charge in [0, 0.05) is 4.91 Å². The number of carbonyl (C=O) groups is 1. The number of aliphatic hydroxyl groups excluding tert-OH is 1. The first-order chi connectivity index (χ1) is 18.7. The van der Waals surface area contributed by atoms with Crippen molar-refractivity contribution in [3.05, 3.63) is 107 Å². The molecule has 8 nitrogen and oxygen atoms in total.